The number of hydrogen-bond acceptors (Lipinski definition) is 3. The lowest BCUT2D eigenvalue weighted by Gasteiger charge is -2.38. The van der Waals surface area contributed by atoms with Crippen molar-refractivity contribution >= 4 is 23.6 Å². The predicted molar refractivity (Wildman–Crippen MR) is 71.0 cm³/mol. The molecule has 5 heteroatoms. The van der Waals surface area contributed by atoms with E-state index in [1.807, 2.05) is 25.6 Å². The first-order chi connectivity index (χ1) is 8.11. The molecule has 2 atom stereocenters. The number of thioether (sulfide) groups is 1. The maximum absolute atomic E-state index is 11.9. The largest absolute Gasteiger partial charge is 0.345 e. The van der Waals surface area contributed by atoms with Crippen molar-refractivity contribution in [1.29, 1.82) is 0 Å². The number of amides is 2. The quantitative estimate of drug-likeness (QED) is 0.730. The Morgan fingerprint density at radius 1 is 1.47 bits per heavy atom. The maximum atomic E-state index is 11.9. The number of nitrogens with zero attached hydrogens (tertiary/aromatic N) is 1. The number of rotatable bonds is 6. The first-order valence-electron chi connectivity index (χ1n) is 6.28. The van der Waals surface area contributed by atoms with Crippen LogP contribution >= 0.6 is 11.8 Å². The molecule has 0 aromatic rings. The zero-order valence-corrected chi connectivity index (χ0v) is 11.7. The van der Waals surface area contributed by atoms with Crippen LogP contribution in [0.5, 0.6) is 0 Å². The summed E-state index contributed by atoms with van der Waals surface area (Å²) in [6.07, 6.45) is 1.64. The van der Waals surface area contributed by atoms with Crippen LogP contribution in [0.1, 0.15) is 33.6 Å². The summed E-state index contributed by atoms with van der Waals surface area (Å²) in [7, 11) is 0. The Labute approximate surface area is 108 Å². The molecule has 0 saturated carbocycles. The molecule has 4 nitrogen and oxygen atoms in total. The van der Waals surface area contributed by atoms with Gasteiger partial charge in [0.25, 0.3) is 0 Å². The molecule has 0 aliphatic carbocycles. The Hall–Kier alpha value is -0.710. The number of nitrogens with one attached hydrogen (secondary N) is 1. The van der Waals surface area contributed by atoms with Gasteiger partial charge in [0.05, 0.1) is 6.54 Å². The molecule has 1 aliphatic heterocycles. The van der Waals surface area contributed by atoms with Gasteiger partial charge in [-0.05, 0) is 31.3 Å². The summed E-state index contributed by atoms with van der Waals surface area (Å²) in [6, 6.07) is -0.129. The minimum absolute atomic E-state index is 0.0119. The van der Waals surface area contributed by atoms with Gasteiger partial charge in [0, 0.05) is 6.04 Å². The van der Waals surface area contributed by atoms with Gasteiger partial charge in [-0.1, -0.05) is 13.8 Å². The maximum Gasteiger partial charge on any atom is 0.243 e. The number of piperazine rings is 1. The predicted octanol–water partition coefficient (Wildman–Crippen LogP) is 1.26. The van der Waals surface area contributed by atoms with E-state index in [1.54, 1.807) is 4.90 Å². The molecule has 2 unspecified atom stereocenters. The second-order valence-electron chi connectivity index (χ2n) is 4.28. The fraction of sp³-hybridized carbons (Fsp3) is 0.833. The summed E-state index contributed by atoms with van der Waals surface area (Å²) in [4.78, 5) is 25.4. The Bertz CT molecular complexity index is 284. The van der Waals surface area contributed by atoms with Crippen molar-refractivity contribution in [1.82, 2.24) is 10.2 Å². The van der Waals surface area contributed by atoms with Gasteiger partial charge < -0.3 is 10.2 Å². The van der Waals surface area contributed by atoms with Crippen molar-refractivity contribution in [3.8, 4) is 0 Å². The van der Waals surface area contributed by atoms with Crippen molar-refractivity contribution in [2.75, 3.05) is 18.1 Å². The Kier molecular flexibility index (Phi) is 5.82. The van der Waals surface area contributed by atoms with Gasteiger partial charge in [-0.25, -0.2) is 0 Å². The van der Waals surface area contributed by atoms with Gasteiger partial charge in [-0.3, -0.25) is 9.59 Å². The van der Waals surface area contributed by atoms with E-state index in [0.717, 1.165) is 17.9 Å². The highest BCUT2D eigenvalue weighted by Gasteiger charge is 2.35. The Balaban J connectivity index is 2.62. The minimum Gasteiger partial charge on any atom is -0.345 e. The van der Waals surface area contributed by atoms with E-state index in [-0.39, 0.29) is 30.4 Å². The smallest absolute Gasteiger partial charge is 0.243 e. The summed E-state index contributed by atoms with van der Waals surface area (Å²) in [6.45, 7) is 6.27. The Morgan fingerprint density at radius 3 is 2.76 bits per heavy atom. The molecule has 1 fully saturated rings. The lowest BCUT2D eigenvalue weighted by molar-refractivity contribution is -0.148. The van der Waals surface area contributed by atoms with Crippen LogP contribution in [0.15, 0.2) is 0 Å². The van der Waals surface area contributed by atoms with E-state index in [1.165, 1.54) is 0 Å². The average Bonchev–Trinajstić information content (AvgIpc) is 2.31. The number of carbonyl (C=O) groups excluding carboxylic acids is 2. The van der Waals surface area contributed by atoms with Crippen molar-refractivity contribution < 1.29 is 9.59 Å². The molecule has 1 N–H and O–H groups in total. The molecule has 0 aromatic heterocycles. The summed E-state index contributed by atoms with van der Waals surface area (Å²) in [5, 5.41) is 2.65. The lowest BCUT2D eigenvalue weighted by Crippen LogP contribution is -2.60. The fourth-order valence-corrected chi connectivity index (χ4v) is 2.94. The molecular weight excluding hydrogens is 236 g/mol. The fourth-order valence-electron chi connectivity index (χ4n) is 2.14. The minimum atomic E-state index is -0.280. The molecule has 0 spiro atoms. The van der Waals surface area contributed by atoms with Gasteiger partial charge in [0.2, 0.25) is 11.8 Å². The lowest BCUT2D eigenvalue weighted by atomic mass is 10.1. The van der Waals surface area contributed by atoms with Gasteiger partial charge >= 0.3 is 0 Å². The topological polar surface area (TPSA) is 49.4 Å². The van der Waals surface area contributed by atoms with Crippen LogP contribution in [0.2, 0.25) is 0 Å². The molecule has 2 amide bonds. The normalized spacial score (nSPS) is 22.5. The second-order valence-corrected chi connectivity index (χ2v) is 5.67. The van der Waals surface area contributed by atoms with Gasteiger partial charge in [-0.15, -0.1) is 0 Å². The summed E-state index contributed by atoms with van der Waals surface area (Å²) in [5.74, 6) is 2.17. The van der Waals surface area contributed by atoms with Crippen molar-refractivity contribution in [2.24, 2.45) is 0 Å². The number of carbonyl (C=O) groups is 2. The van der Waals surface area contributed by atoms with Gasteiger partial charge in [0.15, 0.2) is 0 Å². The van der Waals surface area contributed by atoms with Crippen LogP contribution in [-0.2, 0) is 9.59 Å². The molecule has 0 radical (unpaired) electrons. The molecular formula is C12H22N2O2S. The first-order valence-corrected chi connectivity index (χ1v) is 7.43. The monoisotopic (exact) mass is 258 g/mol. The Morgan fingerprint density at radius 2 is 2.18 bits per heavy atom. The van der Waals surface area contributed by atoms with Gasteiger partial charge in [-0.2, -0.15) is 11.8 Å². The first kappa shape index (κ1) is 14.4. The second kappa shape index (κ2) is 6.89. The molecule has 0 bridgehead atoms. The summed E-state index contributed by atoms with van der Waals surface area (Å²) in [5.41, 5.74) is 0. The van der Waals surface area contributed by atoms with Crippen molar-refractivity contribution in [2.45, 2.75) is 45.7 Å². The van der Waals surface area contributed by atoms with E-state index in [9.17, 15) is 9.59 Å². The van der Waals surface area contributed by atoms with E-state index in [4.69, 9.17) is 0 Å². The highest BCUT2D eigenvalue weighted by molar-refractivity contribution is 7.99. The van der Waals surface area contributed by atoms with Crippen LogP contribution in [0.3, 0.4) is 0 Å². The summed E-state index contributed by atoms with van der Waals surface area (Å²) < 4.78 is 0. The van der Waals surface area contributed by atoms with Gasteiger partial charge in [0.1, 0.15) is 6.04 Å². The van der Waals surface area contributed by atoms with Crippen LogP contribution in [0, 0.1) is 0 Å². The SMILES string of the molecule is CCSCCC(C)N1C(=O)CNC(=O)C1CC. The third-order valence-corrected chi connectivity index (χ3v) is 4.02. The number of hydrogen-bond donors (Lipinski definition) is 1. The van der Waals surface area contributed by atoms with Crippen LogP contribution < -0.4 is 5.32 Å². The zero-order chi connectivity index (χ0) is 12.8. The van der Waals surface area contributed by atoms with Crippen molar-refractivity contribution in [3.63, 3.8) is 0 Å². The van der Waals surface area contributed by atoms with E-state index >= 15 is 0 Å². The molecule has 0 aromatic carbocycles. The average molecular weight is 258 g/mol. The summed E-state index contributed by atoms with van der Waals surface area (Å²) >= 11 is 1.87. The highest BCUT2D eigenvalue weighted by atomic mass is 32.2. The highest BCUT2D eigenvalue weighted by Crippen LogP contribution is 2.17. The van der Waals surface area contributed by atoms with Crippen LogP contribution in [0.25, 0.3) is 0 Å². The molecule has 17 heavy (non-hydrogen) atoms. The van der Waals surface area contributed by atoms with E-state index < -0.39 is 0 Å². The van der Waals surface area contributed by atoms with Crippen LogP contribution in [-0.4, -0.2) is 46.8 Å². The molecule has 1 aliphatic rings. The standard InChI is InChI=1S/C12H22N2O2S/c1-4-10-12(16)13-8-11(15)14(10)9(3)6-7-17-5-2/h9-10H,4-8H2,1-3H3,(H,13,16). The molecule has 1 saturated heterocycles. The van der Waals surface area contributed by atoms with Crippen molar-refractivity contribution in [3.05, 3.63) is 0 Å². The molecule has 1 rings (SSSR count). The zero-order valence-electron chi connectivity index (χ0n) is 10.9. The third kappa shape index (κ3) is 3.63. The molecule has 98 valence electrons. The molecule has 1 heterocycles. The van der Waals surface area contributed by atoms with Crippen LogP contribution in [0.4, 0.5) is 0 Å². The van der Waals surface area contributed by atoms with E-state index in [2.05, 4.69) is 12.2 Å². The third-order valence-electron chi connectivity index (χ3n) is 3.09. The van der Waals surface area contributed by atoms with E-state index in [0.29, 0.717) is 6.42 Å².